The fraction of sp³-hybridized carbons (Fsp3) is 0.538. The first-order valence-corrected chi connectivity index (χ1v) is 8.05. The zero-order valence-electron chi connectivity index (χ0n) is 11.3. The maximum absolute atomic E-state index is 12.7. The van der Waals surface area contributed by atoms with Crippen molar-refractivity contribution in [1.82, 2.24) is 0 Å². The van der Waals surface area contributed by atoms with Gasteiger partial charge in [-0.2, -0.15) is 13.2 Å². The Balaban J connectivity index is 2.22. The predicted molar refractivity (Wildman–Crippen MR) is 73.5 cm³/mol. The van der Waals surface area contributed by atoms with Crippen LogP contribution in [0, 0.1) is 5.41 Å². The second kappa shape index (κ2) is 5.49. The van der Waals surface area contributed by atoms with Gasteiger partial charge in [0.1, 0.15) is 0 Å². The van der Waals surface area contributed by atoms with Gasteiger partial charge in [0.15, 0.2) is 0 Å². The number of para-hydroxylation sites is 1. The van der Waals surface area contributed by atoms with Crippen LogP contribution >= 0.6 is 0 Å². The summed E-state index contributed by atoms with van der Waals surface area (Å²) in [5.41, 5.74) is 0.175. The molecule has 0 atom stereocenters. The molecule has 0 unspecified atom stereocenters. The molecule has 0 saturated heterocycles. The van der Waals surface area contributed by atoms with Gasteiger partial charge in [0, 0.05) is 6.54 Å². The van der Waals surface area contributed by atoms with Crippen LogP contribution in [0.3, 0.4) is 0 Å². The zero-order chi connectivity index (χ0) is 15.7. The van der Waals surface area contributed by atoms with Gasteiger partial charge in [-0.15, -0.1) is 0 Å². The molecule has 1 fully saturated rings. The van der Waals surface area contributed by atoms with E-state index in [9.17, 15) is 21.6 Å². The summed E-state index contributed by atoms with van der Waals surface area (Å²) in [6.45, 7) is 0.929. The summed E-state index contributed by atoms with van der Waals surface area (Å²) < 4.78 is 61.1. The molecule has 2 rings (SSSR count). The molecule has 8 heteroatoms. The summed E-state index contributed by atoms with van der Waals surface area (Å²) in [6.07, 6.45) is 2.67. The molecule has 0 heterocycles. The van der Waals surface area contributed by atoms with Crippen LogP contribution in [0.15, 0.2) is 29.2 Å². The van der Waals surface area contributed by atoms with Crippen LogP contribution in [-0.4, -0.2) is 27.0 Å². The average Bonchev–Trinajstić information content (AvgIpc) is 3.16. The number of anilines is 1. The van der Waals surface area contributed by atoms with Crippen LogP contribution in [0.5, 0.6) is 0 Å². The van der Waals surface area contributed by atoms with Crippen molar-refractivity contribution in [3.05, 3.63) is 24.3 Å². The van der Waals surface area contributed by atoms with Gasteiger partial charge in [0.2, 0.25) is 0 Å². The van der Waals surface area contributed by atoms with E-state index in [1.54, 1.807) is 0 Å². The number of alkyl halides is 3. The van der Waals surface area contributed by atoms with Crippen molar-refractivity contribution in [2.75, 3.05) is 18.4 Å². The molecule has 0 aliphatic heterocycles. The highest BCUT2D eigenvalue weighted by molar-refractivity contribution is 7.92. The second-order valence-electron chi connectivity index (χ2n) is 5.34. The average molecular weight is 322 g/mol. The van der Waals surface area contributed by atoms with Gasteiger partial charge in [0.25, 0.3) is 9.84 Å². The van der Waals surface area contributed by atoms with E-state index < -0.39 is 20.2 Å². The first-order chi connectivity index (χ1) is 9.72. The quantitative estimate of drug-likeness (QED) is 0.844. The lowest BCUT2D eigenvalue weighted by Gasteiger charge is -2.18. The third-order valence-corrected chi connectivity index (χ3v) is 5.31. The fourth-order valence-electron chi connectivity index (χ4n) is 2.25. The Morgan fingerprint density at radius 2 is 1.86 bits per heavy atom. The van der Waals surface area contributed by atoms with Crippen molar-refractivity contribution in [3.8, 4) is 0 Å². The number of halogens is 3. The Labute approximate surface area is 121 Å². The minimum absolute atomic E-state index is 0.0101. The van der Waals surface area contributed by atoms with Crippen molar-refractivity contribution in [1.29, 1.82) is 0 Å². The van der Waals surface area contributed by atoms with Crippen LogP contribution in [0.2, 0.25) is 0 Å². The molecule has 0 aromatic heterocycles. The number of hydrogen-bond acceptors (Lipinski definition) is 4. The maximum atomic E-state index is 12.7. The topological polar surface area (TPSA) is 72.2 Å². The van der Waals surface area contributed by atoms with E-state index in [0.29, 0.717) is 13.1 Å². The number of sulfone groups is 1. The summed E-state index contributed by atoms with van der Waals surface area (Å²) >= 11 is 0. The largest absolute Gasteiger partial charge is 0.501 e. The summed E-state index contributed by atoms with van der Waals surface area (Å²) in [5, 5.41) is 2.84. The SMILES string of the molecule is NCCC1(CNc2ccccc2S(=O)(=O)C(F)(F)F)CC1. The molecular formula is C13H17F3N2O2S. The summed E-state index contributed by atoms with van der Waals surface area (Å²) in [7, 11) is -5.35. The standard InChI is InChI=1S/C13H17F3N2O2S/c14-13(15,16)21(19,20)11-4-2-1-3-10(11)18-9-12(5-6-12)7-8-17/h1-4,18H,5-9,17H2. The second-order valence-corrected chi connectivity index (χ2v) is 7.25. The molecule has 0 bridgehead atoms. The minimum atomic E-state index is -5.35. The summed E-state index contributed by atoms with van der Waals surface area (Å²) in [5.74, 6) is 0. The van der Waals surface area contributed by atoms with Gasteiger partial charge in [0.05, 0.1) is 10.6 Å². The van der Waals surface area contributed by atoms with Crippen molar-refractivity contribution in [3.63, 3.8) is 0 Å². The molecule has 21 heavy (non-hydrogen) atoms. The lowest BCUT2D eigenvalue weighted by molar-refractivity contribution is -0.0435. The smallest absolute Gasteiger partial charge is 0.383 e. The molecule has 4 nitrogen and oxygen atoms in total. The van der Waals surface area contributed by atoms with E-state index in [4.69, 9.17) is 5.73 Å². The third kappa shape index (κ3) is 3.32. The Kier molecular flexibility index (Phi) is 4.21. The molecule has 1 aromatic rings. The van der Waals surface area contributed by atoms with Crippen molar-refractivity contribution in [2.45, 2.75) is 29.7 Å². The van der Waals surface area contributed by atoms with E-state index in [-0.39, 0.29) is 11.1 Å². The molecular weight excluding hydrogens is 305 g/mol. The number of nitrogens with two attached hydrogens (primary N) is 1. The van der Waals surface area contributed by atoms with Gasteiger partial charge >= 0.3 is 5.51 Å². The van der Waals surface area contributed by atoms with Crippen LogP contribution in [0.25, 0.3) is 0 Å². The number of benzene rings is 1. The number of nitrogens with one attached hydrogen (secondary N) is 1. The van der Waals surface area contributed by atoms with Gasteiger partial charge in [-0.25, -0.2) is 8.42 Å². The van der Waals surface area contributed by atoms with E-state index >= 15 is 0 Å². The van der Waals surface area contributed by atoms with Gasteiger partial charge in [-0.05, 0) is 43.4 Å². The lowest BCUT2D eigenvalue weighted by Crippen LogP contribution is -2.25. The normalized spacial score (nSPS) is 17.5. The van der Waals surface area contributed by atoms with Crippen LogP contribution in [-0.2, 0) is 9.84 Å². The van der Waals surface area contributed by atoms with E-state index in [2.05, 4.69) is 5.32 Å². The highest BCUT2D eigenvalue weighted by atomic mass is 32.2. The Morgan fingerprint density at radius 3 is 2.38 bits per heavy atom. The monoisotopic (exact) mass is 322 g/mol. The molecule has 1 aliphatic rings. The maximum Gasteiger partial charge on any atom is 0.501 e. The molecule has 0 amide bonds. The molecule has 1 aliphatic carbocycles. The van der Waals surface area contributed by atoms with Crippen LogP contribution < -0.4 is 11.1 Å². The Hall–Kier alpha value is -1.28. The van der Waals surface area contributed by atoms with E-state index in [1.165, 1.54) is 18.2 Å². The molecule has 3 N–H and O–H groups in total. The summed E-state index contributed by atoms with van der Waals surface area (Å²) in [4.78, 5) is -0.735. The van der Waals surface area contributed by atoms with E-state index in [1.807, 2.05) is 0 Å². The van der Waals surface area contributed by atoms with Gasteiger partial charge in [-0.1, -0.05) is 12.1 Å². The predicted octanol–water partition coefficient (Wildman–Crippen LogP) is 2.52. The van der Waals surface area contributed by atoms with Crippen LogP contribution in [0.1, 0.15) is 19.3 Å². The van der Waals surface area contributed by atoms with Gasteiger partial charge < -0.3 is 11.1 Å². The molecule has 0 radical (unpaired) electrons. The van der Waals surface area contributed by atoms with Crippen LogP contribution in [0.4, 0.5) is 18.9 Å². The molecule has 118 valence electrons. The van der Waals surface area contributed by atoms with Crippen molar-refractivity contribution in [2.24, 2.45) is 11.1 Å². The highest BCUT2D eigenvalue weighted by Gasteiger charge is 2.48. The minimum Gasteiger partial charge on any atom is -0.383 e. The zero-order valence-corrected chi connectivity index (χ0v) is 12.1. The molecule has 1 aromatic carbocycles. The molecule has 1 saturated carbocycles. The fourth-order valence-corrected chi connectivity index (χ4v) is 3.19. The highest BCUT2D eigenvalue weighted by Crippen LogP contribution is 2.48. The van der Waals surface area contributed by atoms with Crippen molar-refractivity contribution >= 4 is 15.5 Å². The number of rotatable bonds is 6. The Bertz CT molecular complexity index is 610. The third-order valence-electron chi connectivity index (χ3n) is 3.77. The first-order valence-electron chi connectivity index (χ1n) is 6.56. The van der Waals surface area contributed by atoms with Gasteiger partial charge in [-0.3, -0.25) is 0 Å². The summed E-state index contributed by atoms with van der Waals surface area (Å²) in [6, 6.07) is 5.08. The number of hydrogen-bond donors (Lipinski definition) is 2. The first kappa shape index (κ1) is 16.1. The van der Waals surface area contributed by atoms with Crippen molar-refractivity contribution < 1.29 is 21.6 Å². The van der Waals surface area contributed by atoms with E-state index in [0.717, 1.165) is 25.3 Å². The lowest BCUT2D eigenvalue weighted by atomic mass is 10.0. The molecule has 0 spiro atoms. The Morgan fingerprint density at radius 1 is 1.24 bits per heavy atom.